The van der Waals surface area contributed by atoms with Gasteiger partial charge in [-0.15, -0.1) is 0 Å². The molecule has 0 amide bonds. The number of hydrogen-bond acceptors (Lipinski definition) is 4. The minimum atomic E-state index is -1.37. The average molecular weight is 555 g/mol. The molecule has 0 atom stereocenters. The molecule has 0 bridgehead atoms. The van der Waals surface area contributed by atoms with Crippen LogP contribution in [0.4, 0.5) is 8.78 Å². The molecule has 0 aliphatic heterocycles. The summed E-state index contributed by atoms with van der Waals surface area (Å²) in [4.78, 5) is 23.0. The van der Waals surface area contributed by atoms with E-state index in [-0.39, 0.29) is 57.3 Å². The summed E-state index contributed by atoms with van der Waals surface area (Å²) in [5.74, 6) is -3.64. The molecule has 1 saturated carbocycles. The SMILES string of the molecule is O=C(O)CCCn1cc(-n2c(C3CC3)c(Sc3cccc(C(=O)O)c3F)c3ccc(Cl)c(F)c32)cn1.[Na]. The van der Waals surface area contributed by atoms with Crippen molar-refractivity contribution in [2.75, 3.05) is 0 Å². The second-order valence-corrected chi connectivity index (χ2v) is 10.0. The van der Waals surface area contributed by atoms with Crippen LogP contribution in [-0.2, 0) is 11.3 Å². The van der Waals surface area contributed by atoms with Gasteiger partial charge in [0, 0.05) is 75.5 Å². The third kappa shape index (κ3) is 5.44. The van der Waals surface area contributed by atoms with Gasteiger partial charge in [0.1, 0.15) is 0 Å². The van der Waals surface area contributed by atoms with Crippen LogP contribution in [0.3, 0.4) is 0 Å². The fourth-order valence-electron chi connectivity index (χ4n) is 4.25. The van der Waals surface area contributed by atoms with E-state index in [0.717, 1.165) is 30.3 Å². The van der Waals surface area contributed by atoms with Crippen LogP contribution in [-0.4, -0.2) is 66.1 Å². The summed E-state index contributed by atoms with van der Waals surface area (Å²) in [6.45, 7) is 0.377. The van der Waals surface area contributed by atoms with Crippen LogP contribution in [0.2, 0.25) is 5.02 Å². The van der Waals surface area contributed by atoms with Gasteiger partial charge in [-0.05, 0) is 43.5 Å². The maximum atomic E-state index is 15.5. The molecule has 1 aliphatic rings. The van der Waals surface area contributed by atoms with Crippen molar-refractivity contribution in [3.8, 4) is 5.69 Å². The Hall–Kier alpha value is -2.37. The number of aromatic nitrogens is 3. The number of rotatable bonds is 9. The Kier molecular flexibility index (Phi) is 8.35. The number of aliphatic carboxylic acids is 1. The van der Waals surface area contributed by atoms with Crippen molar-refractivity contribution in [2.45, 2.75) is 47.9 Å². The van der Waals surface area contributed by atoms with Gasteiger partial charge >= 0.3 is 11.9 Å². The molecule has 12 heteroatoms. The predicted molar refractivity (Wildman–Crippen MR) is 136 cm³/mol. The van der Waals surface area contributed by atoms with Crippen LogP contribution >= 0.6 is 23.4 Å². The summed E-state index contributed by atoms with van der Waals surface area (Å²) < 4.78 is 33.9. The fourth-order valence-corrected chi connectivity index (χ4v) is 5.61. The van der Waals surface area contributed by atoms with Gasteiger partial charge in [0.2, 0.25) is 0 Å². The number of carboxylic acids is 2. The largest absolute Gasteiger partial charge is 0.481 e. The predicted octanol–water partition coefficient (Wildman–Crippen LogP) is 5.97. The van der Waals surface area contributed by atoms with E-state index in [4.69, 9.17) is 16.7 Å². The monoisotopic (exact) mass is 554 g/mol. The summed E-state index contributed by atoms with van der Waals surface area (Å²) in [6, 6.07) is 7.30. The minimum Gasteiger partial charge on any atom is -0.481 e. The number of hydrogen-bond donors (Lipinski definition) is 2. The van der Waals surface area contributed by atoms with E-state index >= 15 is 8.78 Å². The zero-order valence-corrected chi connectivity index (χ0v) is 23.3. The van der Waals surface area contributed by atoms with E-state index in [0.29, 0.717) is 28.9 Å². The van der Waals surface area contributed by atoms with Gasteiger partial charge in [-0.2, -0.15) is 5.10 Å². The van der Waals surface area contributed by atoms with Crippen molar-refractivity contribution in [3.63, 3.8) is 0 Å². The summed E-state index contributed by atoms with van der Waals surface area (Å²) in [7, 11) is 0. The first-order chi connectivity index (χ1) is 17.3. The first-order valence-corrected chi connectivity index (χ1v) is 12.4. The molecule has 1 radical (unpaired) electrons. The summed E-state index contributed by atoms with van der Waals surface area (Å²) in [6.07, 6.45) is 5.41. The van der Waals surface area contributed by atoms with Crippen molar-refractivity contribution >= 4 is 75.8 Å². The van der Waals surface area contributed by atoms with Crippen molar-refractivity contribution in [1.82, 2.24) is 14.3 Å². The van der Waals surface area contributed by atoms with Crippen LogP contribution in [0.25, 0.3) is 16.6 Å². The molecule has 4 aromatic rings. The molecule has 2 aromatic heterocycles. The molecule has 187 valence electrons. The van der Waals surface area contributed by atoms with E-state index in [1.165, 1.54) is 24.3 Å². The van der Waals surface area contributed by atoms with E-state index in [2.05, 4.69) is 5.10 Å². The smallest absolute Gasteiger partial charge is 0.338 e. The van der Waals surface area contributed by atoms with Gasteiger partial charge in [-0.1, -0.05) is 29.4 Å². The standard InChI is InChI=1S/C25H20ClF2N3O4S.Na/c26-17-9-8-16-23(21(17)28)31(14-11-29-30(12-14)10-2-5-19(32)33)22(13-6-7-13)24(16)36-18-4-1-3-15(20(18)27)25(34)35;/h1,3-4,8-9,11-13H,2,5-7,10H2,(H,32,33)(H,34,35);. The van der Waals surface area contributed by atoms with Crippen LogP contribution < -0.4 is 0 Å². The number of aromatic carboxylic acids is 1. The van der Waals surface area contributed by atoms with Crippen molar-refractivity contribution in [2.24, 2.45) is 0 Å². The Morgan fingerprint density at radius 2 is 1.89 bits per heavy atom. The topological polar surface area (TPSA) is 97.3 Å². The number of fused-ring (bicyclic) bond motifs is 1. The number of benzene rings is 2. The maximum absolute atomic E-state index is 15.5. The number of carbonyl (C=O) groups is 2. The van der Waals surface area contributed by atoms with Crippen LogP contribution in [0, 0.1) is 11.6 Å². The third-order valence-electron chi connectivity index (χ3n) is 6.04. The molecule has 0 unspecified atom stereocenters. The molecule has 2 N–H and O–H groups in total. The normalized spacial score (nSPS) is 13.1. The van der Waals surface area contributed by atoms with Crippen molar-refractivity contribution < 1.29 is 28.6 Å². The first-order valence-electron chi connectivity index (χ1n) is 11.2. The van der Waals surface area contributed by atoms with Gasteiger partial charge in [0.05, 0.1) is 28.0 Å². The maximum Gasteiger partial charge on any atom is 0.338 e. The quantitative estimate of drug-likeness (QED) is 0.247. The molecule has 37 heavy (non-hydrogen) atoms. The van der Waals surface area contributed by atoms with E-state index < -0.39 is 29.1 Å². The number of nitrogens with zero attached hydrogens (tertiary/aromatic N) is 3. The van der Waals surface area contributed by atoms with Crippen molar-refractivity contribution in [1.29, 1.82) is 0 Å². The number of halogens is 3. The Balaban J connectivity index is 0.00000320. The van der Waals surface area contributed by atoms with Crippen LogP contribution in [0.5, 0.6) is 0 Å². The molecule has 2 aromatic carbocycles. The summed E-state index contributed by atoms with van der Waals surface area (Å²) in [5.41, 5.74) is 1.15. The second kappa shape index (κ2) is 11.2. The average Bonchev–Trinajstić information content (AvgIpc) is 3.47. The van der Waals surface area contributed by atoms with Crippen molar-refractivity contribution in [3.05, 3.63) is 70.6 Å². The molecule has 0 spiro atoms. The molecular formula is C25H20ClF2N3NaO4S. The van der Waals surface area contributed by atoms with E-state index in [1.807, 2.05) is 0 Å². The van der Waals surface area contributed by atoms with E-state index in [9.17, 15) is 14.7 Å². The van der Waals surface area contributed by atoms with Gasteiger partial charge in [0.25, 0.3) is 0 Å². The van der Waals surface area contributed by atoms with Gasteiger partial charge in [0.15, 0.2) is 11.6 Å². The van der Waals surface area contributed by atoms with Gasteiger partial charge < -0.3 is 14.8 Å². The minimum absolute atomic E-state index is 0. The summed E-state index contributed by atoms with van der Waals surface area (Å²) in [5, 5.41) is 23.0. The molecule has 7 nitrogen and oxygen atoms in total. The van der Waals surface area contributed by atoms with E-state index in [1.54, 1.807) is 27.7 Å². The zero-order valence-electron chi connectivity index (χ0n) is 19.7. The van der Waals surface area contributed by atoms with Crippen LogP contribution in [0.1, 0.15) is 47.7 Å². The fraction of sp³-hybridized carbons (Fsp3) is 0.240. The number of aryl methyl sites for hydroxylation is 1. The first kappa shape index (κ1) is 27.7. The third-order valence-corrected chi connectivity index (χ3v) is 7.50. The van der Waals surface area contributed by atoms with Gasteiger partial charge in [-0.25, -0.2) is 13.6 Å². The summed E-state index contributed by atoms with van der Waals surface area (Å²) >= 11 is 7.21. The molecule has 2 heterocycles. The second-order valence-electron chi connectivity index (χ2n) is 8.57. The Labute approximate surface area is 241 Å². The zero-order chi connectivity index (χ0) is 25.6. The molecular weight excluding hydrogens is 535 g/mol. The Bertz CT molecular complexity index is 1520. The van der Waals surface area contributed by atoms with Gasteiger partial charge in [-0.3, -0.25) is 9.48 Å². The molecule has 5 rings (SSSR count). The molecule has 1 fully saturated rings. The molecule has 0 saturated heterocycles. The molecule has 1 aliphatic carbocycles. The Morgan fingerprint density at radius 1 is 1.14 bits per heavy atom. The number of carboxylic acid groups (broad SMARTS) is 2. The van der Waals surface area contributed by atoms with Crippen LogP contribution in [0.15, 0.2) is 52.5 Å². The Morgan fingerprint density at radius 3 is 2.57 bits per heavy atom.